The lowest BCUT2D eigenvalue weighted by molar-refractivity contribution is 0.355. The van der Waals surface area contributed by atoms with E-state index >= 15 is 0 Å². The summed E-state index contributed by atoms with van der Waals surface area (Å²) in [5.74, 6) is 0.964. The monoisotopic (exact) mass is 355 g/mol. The zero-order valence-corrected chi connectivity index (χ0v) is 14.9. The highest BCUT2D eigenvalue weighted by molar-refractivity contribution is 7.92. The highest BCUT2D eigenvalue weighted by atomic mass is 35.5. The third-order valence-corrected chi connectivity index (χ3v) is 5.31. The molecule has 0 bridgehead atoms. The Bertz CT molecular complexity index is 834. The van der Waals surface area contributed by atoms with E-state index in [4.69, 9.17) is 21.1 Å². The third kappa shape index (κ3) is 3.71. The second kappa shape index (κ2) is 6.68. The van der Waals surface area contributed by atoms with Crippen molar-refractivity contribution in [3.05, 3.63) is 46.5 Å². The van der Waals surface area contributed by atoms with Crippen LogP contribution in [0.4, 0.5) is 5.69 Å². The molecule has 0 saturated carbocycles. The summed E-state index contributed by atoms with van der Waals surface area (Å²) in [6, 6.07) is 8.00. The van der Waals surface area contributed by atoms with Crippen molar-refractivity contribution in [1.29, 1.82) is 0 Å². The van der Waals surface area contributed by atoms with Crippen molar-refractivity contribution < 1.29 is 17.9 Å². The molecule has 124 valence electrons. The van der Waals surface area contributed by atoms with Crippen molar-refractivity contribution in [1.82, 2.24) is 0 Å². The Hall–Kier alpha value is -1.92. The first-order chi connectivity index (χ1) is 10.8. The average Bonchev–Trinajstić information content (AvgIpc) is 2.50. The summed E-state index contributed by atoms with van der Waals surface area (Å²) in [5.41, 5.74) is 1.66. The van der Waals surface area contributed by atoms with Gasteiger partial charge in [-0.05, 0) is 49.2 Å². The van der Waals surface area contributed by atoms with Crippen LogP contribution >= 0.6 is 11.6 Å². The summed E-state index contributed by atoms with van der Waals surface area (Å²) in [5, 5.41) is 0.535. The number of hydrogen-bond donors (Lipinski definition) is 1. The number of benzene rings is 2. The van der Waals surface area contributed by atoms with Gasteiger partial charge in [0, 0.05) is 11.1 Å². The summed E-state index contributed by atoms with van der Waals surface area (Å²) in [4.78, 5) is 0.189. The van der Waals surface area contributed by atoms with Crippen LogP contribution in [0, 0.1) is 13.8 Å². The quantitative estimate of drug-likeness (QED) is 0.886. The molecule has 7 heteroatoms. The third-order valence-electron chi connectivity index (χ3n) is 3.38. The Morgan fingerprint density at radius 2 is 1.61 bits per heavy atom. The number of nitrogens with one attached hydrogen (secondary N) is 1. The Morgan fingerprint density at radius 3 is 2.22 bits per heavy atom. The Morgan fingerprint density at radius 1 is 0.957 bits per heavy atom. The second-order valence-electron chi connectivity index (χ2n) is 5.04. The molecule has 0 heterocycles. The van der Waals surface area contributed by atoms with Crippen LogP contribution in [0.3, 0.4) is 0 Å². The Labute approximate surface area is 141 Å². The first-order valence-corrected chi connectivity index (χ1v) is 8.66. The standard InChI is InChI=1S/C16H18ClNO4S/c1-10-8-16(11(2)7-13(10)17)23(19,20)18-12-5-6-14(21-3)15(9-12)22-4/h5-9,18H,1-4H3. The lowest BCUT2D eigenvalue weighted by atomic mass is 10.2. The van der Waals surface area contributed by atoms with Gasteiger partial charge in [0.05, 0.1) is 24.8 Å². The summed E-state index contributed by atoms with van der Waals surface area (Å²) < 4.78 is 38.1. The molecular formula is C16H18ClNO4S. The lowest BCUT2D eigenvalue weighted by Crippen LogP contribution is -2.14. The molecule has 0 aliphatic heterocycles. The minimum Gasteiger partial charge on any atom is -0.493 e. The molecule has 0 aliphatic carbocycles. The number of anilines is 1. The van der Waals surface area contributed by atoms with E-state index in [1.807, 2.05) is 0 Å². The highest BCUT2D eigenvalue weighted by Gasteiger charge is 2.19. The van der Waals surface area contributed by atoms with Crippen molar-refractivity contribution in [3.63, 3.8) is 0 Å². The van der Waals surface area contributed by atoms with E-state index in [-0.39, 0.29) is 4.90 Å². The maximum Gasteiger partial charge on any atom is 0.262 e. The van der Waals surface area contributed by atoms with Gasteiger partial charge in [0.25, 0.3) is 10.0 Å². The lowest BCUT2D eigenvalue weighted by Gasteiger charge is -2.14. The molecule has 2 rings (SSSR count). The Kier molecular flexibility index (Phi) is 5.06. The fraction of sp³-hybridized carbons (Fsp3) is 0.250. The predicted octanol–water partition coefficient (Wildman–Crippen LogP) is 3.77. The van der Waals surface area contributed by atoms with Crippen molar-refractivity contribution in [2.45, 2.75) is 18.7 Å². The van der Waals surface area contributed by atoms with Gasteiger partial charge in [0.1, 0.15) is 0 Å². The van der Waals surface area contributed by atoms with Crippen molar-refractivity contribution >= 4 is 27.3 Å². The summed E-state index contributed by atoms with van der Waals surface area (Å²) in [6.07, 6.45) is 0. The predicted molar refractivity (Wildman–Crippen MR) is 91.3 cm³/mol. The van der Waals surface area contributed by atoms with Crippen LogP contribution in [0.15, 0.2) is 35.2 Å². The van der Waals surface area contributed by atoms with Crippen LogP contribution < -0.4 is 14.2 Å². The van der Waals surface area contributed by atoms with E-state index in [1.54, 1.807) is 44.2 Å². The molecule has 0 radical (unpaired) electrons. The molecule has 0 atom stereocenters. The van der Waals surface area contributed by atoms with Gasteiger partial charge in [-0.3, -0.25) is 4.72 Å². The first kappa shape index (κ1) is 17.4. The first-order valence-electron chi connectivity index (χ1n) is 6.80. The molecule has 0 fully saturated rings. The molecular weight excluding hydrogens is 338 g/mol. The molecule has 0 spiro atoms. The molecule has 0 aliphatic rings. The number of ether oxygens (including phenoxy) is 2. The molecule has 23 heavy (non-hydrogen) atoms. The zero-order valence-electron chi connectivity index (χ0n) is 13.3. The van der Waals surface area contributed by atoms with E-state index in [0.29, 0.717) is 33.3 Å². The van der Waals surface area contributed by atoms with Crippen LogP contribution in [0.2, 0.25) is 5.02 Å². The van der Waals surface area contributed by atoms with Crippen LogP contribution in [0.5, 0.6) is 11.5 Å². The van der Waals surface area contributed by atoms with E-state index in [0.717, 1.165) is 0 Å². The van der Waals surface area contributed by atoms with Gasteiger partial charge in [0.15, 0.2) is 11.5 Å². The number of aryl methyl sites for hydroxylation is 2. The van der Waals surface area contributed by atoms with Crippen LogP contribution in [-0.4, -0.2) is 22.6 Å². The minimum absolute atomic E-state index is 0.189. The molecule has 0 amide bonds. The maximum atomic E-state index is 12.6. The molecule has 0 saturated heterocycles. The molecule has 0 aromatic heterocycles. The normalized spacial score (nSPS) is 11.2. The van der Waals surface area contributed by atoms with Gasteiger partial charge in [-0.15, -0.1) is 0 Å². The van der Waals surface area contributed by atoms with Crippen molar-refractivity contribution in [2.75, 3.05) is 18.9 Å². The molecule has 2 aromatic carbocycles. The topological polar surface area (TPSA) is 64.6 Å². The van der Waals surface area contributed by atoms with E-state index in [2.05, 4.69) is 4.72 Å². The van der Waals surface area contributed by atoms with E-state index in [9.17, 15) is 8.42 Å². The van der Waals surface area contributed by atoms with Gasteiger partial charge in [0.2, 0.25) is 0 Å². The van der Waals surface area contributed by atoms with Gasteiger partial charge in [-0.25, -0.2) is 8.42 Å². The van der Waals surface area contributed by atoms with Crippen molar-refractivity contribution in [2.24, 2.45) is 0 Å². The van der Waals surface area contributed by atoms with E-state index in [1.165, 1.54) is 14.2 Å². The number of halogens is 1. The molecule has 0 unspecified atom stereocenters. The average molecular weight is 356 g/mol. The van der Waals surface area contributed by atoms with Gasteiger partial charge < -0.3 is 9.47 Å². The Balaban J connectivity index is 2.41. The number of methoxy groups -OCH3 is 2. The fourth-order valence-electron chi connectivity index (χ4n) is 2.15. The number of rotatable bonds is 5. The SMILES string of the molecule is COc1ccc(NS(=O)(=O)c2cc(C)c(Cl)cc2C)cc1OC. The van der Waals surface area contributed by atoms with Gasteiger partial charge in [-0.1, -0.05) is 11.6 Å². The second-order valence-corrected chi connectivity index (χ2v) is 7.10. The van der Waals surface area contributed by atoms with Crippen LogP contribution in [0.1, 0.15) is 11.1 Å². The summed E-state index contributed by atoms with van der Waals surface area (Å²) in [6.45, 7) is 3.46. The molecule has 1 N–H and O–H groups in total. The van der Waals surface area contributed by atoms with Crippen molar-refractivity contribution in [3.8, 4) is 11.5 Å². The maximum absolute atomic E-state index is 12.6. The minimum atomic E-state index is -3.73. The molecule has 2 aromatic rings. The smallest absolute Gasteiger partial charge is 0.262 e. The van der Waals surface area contributed by atoms with Crippen LogP contribution in [-0.2, 0) is 10.0 Å². The van der Waals surface area contributed by atoms with E-state index < -0.39 is 10.0 Å². The highest BCUT2D eigenvalue weighted by Crippen LogP contribution is 2.31. The zero-order chi connectivity index (χ0) is 17.2. The number of sulfonamides is 1. The summed E-state index contributed by atoms with van der Waals surface area (Å²) in [7, 11) is -0.728. The largest absolute Gasteiger partial charge is 0.493 e. The molecule has 5 nitrogen and oxygen atoms in total. The fourth-order valence-corrected chi connectivity index (χ4v) is 3.73. The van der Waals surface area contributed by atoms with Gasteiger partial charge in [-0.2, -0.15) is 0 Å². The van der Waals surface area contributed by atoms with Crippen LogP contribution in [0.25, 0.3) is 0 Å². The number of hydrogen-bond acceptors (Lipinski definition) is 4. The summed E-state index contributed by atoms with van der Waals surface area (Å²) >= 11 is 6.02. The van der Waals surface area contributed by atoms with Gasteiger partial charge >= 0.3 is 0 Å².